The lowest BCUT2D eigenvalue weighted by atomic mass is 9.95. The molecule has 2 fully saturated rings. The molecule has 2 saturated heterocycles. The Morgan fingerprint density at radius 3 is 2.22 bits per heavy atom. The summed E-state index contributed by atoms with van der Waals surface area (Å²) in [6.07, 6.45) is 0.894. The molecule has 0 bridgehead atoms. The highest BCUT2D eigenvalue weighted by Crippen LogP contribution is 2.40. The first-order chi connectivity index (χ1) is 17.5. The van der Waals surface area contributed by atoms with Gasteiger partial charge in [-0.15, -0.1) is 0 Å². The van der Waals surface area contributed by atoms with Gasteiger partial charge >= 0.3 is 0 Å². The average molecular weight is 495 g/mol. The summed E-state index contributed by atoms with van der Waals surface area (Å²) in [5, 5.41) is 11.3. The number of Topliss-reactive ketones (excluding diaryl/α,β-unsaturated/α-hetero) is 1. The van der Waals surface area contributed by atoms with Crippen LogP contribution in [0.3, 0.4) is 0 Å². The predicted octanol–water partition coefficient (Wildman–Crippen LogP) is 3.63. The summed E-state index contributed by atoms with van der Waals surface area (Å²) in [4.78, 5) is 30.2. The Bertz CT molecular complexity index is 1070. The number of morpholine rings is 1. The first-order valence-electron chi connectivity index (χ1n) is 12.6. The quantitative estimate of drug-likeness (QED) is 0.307. The molecule has 2 aliphatic rings. The van der Waals surface area contributed by atoms with Crippen LogP contribution in [0.1, 0.15) is 37.4 Å². The smallest absolute Gasteiger partial charge is 0.295 e. The number of aliphatic hydroxyl groups is 1. The van der Waals surface area contributed by atoms with Crippen molar-refractivity contribution < 1.29 is 28.9 Å². The van der Waals surface area contributed by atoms with Gasteiger partial charge in [-0.3, -0.25) is 14.5 Å². The molecule has 1 N–H and O–H groups in total. The maximum absolute atomic E-state index is 13.3. The molecule has 8 heteroatoms. The SMILES string of the molecule is CCCOc1ccc([C@@H]2/C(=C(\O)c3ccc(OCC)cc3)C(=O)C(=O)N2CCN2CCOCC2)cc1. The van der Waals surface area contributed by atoms with E-state index in [1.807, 2.05) is 38.1 Å². The fourth-order valence-electron chi connectivity index (χ4n) is 4.53. The second-order valence-corrected chi connectivity index (χ2v) is 8.82. The molecule has 4 rings (SSSR count). The number of ketones is 1. The molecule has 0 spiro atoms. The van der Waals surface area contributed by atoms with E-state index >= 15 is 0 Å². The fourth-order valence-corrected chi connectivity index (χ4v) is 4.53. The van der Waals surface area contributed by atoms with Crippen LogP contribution in [0.25, 0.3) is 5.76 Å². The van der Waals surface area contributed by atoms with Gasteiger partial charge in [0.25, 0.3) is 11.7 Å². The monoisotopic (exact) mass is 494 g/mol. The minimum atomic E-state index is -0.696. The molecule has 2 aliphatic heterocycles. The number of benzene rings is 2. The zero-order valence-corrected chi connectivity index (χ0v) is 20.9. The Labute approximate surface area is 212 Å². The molecule has 1 amide bonds. The molecule has 2 aromatic carbocycles. The average Bonchev–Trinajstić information content (AvgIpc) is 3.16. The van der Waals surface area contributed by atoms with E-state index < -0.39 is 17.7 Å². The second kappa shape index (κ2) is 12.1. The van der Waals surface area contributed by atoms with E-state index in [0.717, 1.165) is 30.8 Å². The van der Waals surface area contributed by atoms with Gasteiger partial charge in [0.05, 0.1) is 38.0 Å². The number of hydrogen-bond donors (Lipinski definition) is 1. The van der Waals surface area contributed by atoms with Crippen molar-refractivity contribution in [1.82, 2.24) is 9.80 Å². The lowest BCUT2D eigenvalue weighted by molar-refractivity contribution is -0.140. The van der Waals surface area contributed by atoms with Crippen molar-refractivity contribution in [1.29, 1.82) is 0 Å². The number of amides is 1. The Balaban J connectivity index is 1.68. The van der Waals surface area contributed by atoms with Gasteiger partial charge in [-0.2, -0.15) is 0 Å². The van der Waals surface area contributed by atoms with Crippen LogP contribution in [0, 0.1) is 0 Å². The van der Waals surface area contributed by atoms with Gasteiger partial charge in [-0.1, -0.05) is 19.1 Å². The van der Waals surface area contributed by atoms with E-state index in [2.05, 4.69) is 4.90 Å². The highest BCUT2D eigenvalue weighted by atomic mass is 16.5. The molecule has 0 radical (unpaired) electrons. The minimum absolute atomic E-state index is 0.0911. The van der Waals surface area contributed by atoms with Crippen LogP contribution in [-0.4, -0.2) is 79.2 Å². The molecule has 2 heterocycles. The number of aliphatic hydroxyl groups excluding tert-OH is 1. The van der Waals surface area contributed by atoms with Crippen LogP contribution >= 0.6 is 0 Å². The maximum Gasteiger partial charge on any atom is 0.295 e. The summed E-state index contributed by atoms with van der Waals surface area (Å²) in [5.41, 5.74) is 1.29. The predicted molar refractivity (Wildman–Crippen MR) is 136 cm³/mol. The molecular weight excluding hydrogens is 460 g/mol. The maximum atomic E-state index is 13.3. The number of carbonyl (C=O) groups is 2. The number of likely N-dealkylation sites (tertiary alicyclic amines) is 1. The summed E-state index contributed by atoms with van der Waals surface area (Å²) in [5.74, 6) is -0.0927. The van der Waals surface area contributed by atoms with Crippen molar-refractivity contribution in [3.8, 4) is 11.5 Å². The summed E-state index contributed by atoms with van der Waals surface area (Å²) in [6.45, 7) is 8.92. The zero-order chi connectivity index (χ0) is 25.5. The van der Waals surface area contributed by atoms with Crippen LogP contribution in [0.2, 0.25) is 0 Å². The van der Waals surface area contributed by atoms with Gasteiger partial charge in [0, 0.05) is 31.7 Å². The van der Waals surface area contributed by atoms with Crippen LogP contribution < -0.4 is 9.47 Å². The van der Waals surface area contributed by atoms with E-state index in [4.69, 9.17) is 14.2 Å². The second-order valence-electron chi connectivity index (χ2n) is 8.82. The molecular formula is C28H34N2O6. The largest absolute Gasteiger partial charge is 0.507 e. The van der Waals surface area contributed by atoms with Crippen LogP contribution in [0.4, 0.5) is 0 Å². The Morgan fingerprint density at radius 1 is 0.944 bits per heavy atom. The summed E-state index contributed by atoms with van der Waals surface area (Å²) >= 11 is 0. The Kier molecular flexibility index (Phi) is 8.61. The topological polar surface area (TPSA) is 88.5 Å². The van der Waals surface area contributed by atoms with Gasteiger partial charge in [0.1, 0.15) is 17.3 Å². The number of nitrogens with zero attached hydrogens (tertiary/aromatic N) is 2. The molecule has 36 heavy (non-hydrogen) atoms. The Morgan fingerprint density at radius 2 is 1.58 bits per heavy atom. The lowest BCUT2D eigenvalue weighted by Crippen LogP contribution is -2.42. The number of rotatable bonds is 10. The van der Waals surface area contributed by atoms with Gasteiger partial charge in [0.2, 0.25) is 0 Å². The third-order valence-electron chi connectivity index (χ3n) is 6.41. The number of hydrogen-bond acceptors (Lipinski definition) is 7. The normalized spacial score (nSPS) is 20.1. The Hall–Kier alpha value is -3.36. The highest BCUT2D eigenvalue weighted by molar-refractivity contribution is 6.46. The van der Waals surface area contributed by atoms with Crippen molar-refractivity contribution in [3.05, 3.63) is 65.2 Å². The van der Waals surface area contributed by atoms with E-state index in [9.17, 15) is 14.7 Å². The van der Waals surface area contributed by atoms with Crippen molar-refractivity contribution in [2.75, 3.05) is 52.6 Å². The van der Waals surface area contributed by atoms with Gasteiger partial charge in [0.15, 0.2) is 0 Å². The van der Waals surface area contributed by atoms with Crippen LogP contribution in [0.15, 0.2) is 54.1 Å². The first kappa shape index (κ1) is 25.7. The fraction of sp³-hybridized carbons (Fsp3) is 0.429. The van der Waals surface area contributed by atoms with E-state index in [1.54, 1.807) is 29.2 Å². The first-order valence-corrected chi connectivity index (χ1v) is 12.6. The molecule has 0 unspecified atom stereocenters. The summed E-state index contributed by atoms with van der Waals surface area (Å²) < 4.78 is 16.6. The van der Waals surface area contributed by atoms with Crippen LogP contribution in [-0.2, 0) is 14.3 Å². The van der Waals surface area contributed by atoms with E-state index in [-0.39, 0.29) is 11.3 Å². The number of ether oxygens (including phenoxy) is 3. The van der Waals surface area contributed by atoms with Crippen molar-refractivity contribution >= 4 is 17.4 Å². The van der Waals surface area contributed by atoms with Crippen LogP contribution in [0.5, 0.6) is 11.5 Å². The van der Waals surface area contributed by atoms with Crippen molar-refractivity contribution in [3.63, 3.8) is 0 Å². The van der Waals surface area contributed by atoms with Gasteiger partial charge in [-0.05, 0) is 55.3 Å². The van der Waals surface area contributed by atoms with Crippen molar-refractivity contribution in [2.45, 2.75) is 26.3 Å². The van der Waals surface area contributed by atoms with E-state index in [1.165, 1.54) is 0 Å². The molecule has 0 saturated carbocycles. The van der Waals surface area contributed by atoms with Gasteiger partial charge in [-0.25, -0.2) is 0 Å². The number of carbonyl (C=O) groups excluding carboxylic acids is 2. The summed E-state index contributed by atoms with van der Waals surface area (Å²) in [6, 6.07) is 13.6. The third kappa shape index (κ3) is 5.71. The van der Waals surface area contributed by atoms with Gasteiger partial charge < -0.3 is 24.2 Å². The lowest BCUT2D eigenvalue weighted by Gasteiger charge is -2.31. The molecule has 8 nitrogen and oxygen atoms in total. The third-order valence-corrected chi connectivity index (χ3v) is 6.41. The standard InChI is InChI=1S/C28H34N2O6/c1-3-17-36-23-9-5-20(6-10-23)25-24(26(31)21-7-11-22(12-8-21)35-4-2)27(32)28(33)30(25)14-13-29-15-18-34-19-16-29/h5-12,25,31H,3-4,13-19H2,1-2H3/b26-24+/t25-/m1/s1. The zero-order valence-electron chi connectivity index (χ0n) is 20.9. The molecule has 2 aromatic rings. The van der Waals surface area contributed by atoms with E-state index in [0.29, 0.717) is 50.8 Å². The van der Waals surface area contributed by atoms with Crippen molar-refractivity contribution in [2.24, 2.45) is 0 Å². The highest BCUT2D eigenvalue weighted by Gasteiger charge is 2.46. The molecule has 0 aromatic heterocycles. The summed E-state index contributed by atoms with van der Waals surface area (Å²) in [7, 11) is 0. The molecule has 192 valence electrons. The molecule has 0 aliphatic carbocycles. The molecule has 1 atom stereocenters. The minimum Gasteiger partial charge on any atom is -0.507 e.